The zero-order chi connectivity index (χ0) is 13.7. The first kappa shape index (κ1) is 14.9. The number of nitrogens with zero attached hydrogens (tertiary/aromatic N) is 2. The molecule has 0 spiro atoms. The van der Waals surface area contributed by atoms with E-state index in [1.165, 1.54) is 4.90 Å². The Labute approximate surface area is 108 Å². The molecule has 1 aliphatic rings. The first-order chi connectivity index (χ1) is 8.40. The molecule has 1 rings (SSSR count). The molecule has 0 aromatic carbocycles. The van der Waals surface area contributed by atoms with Gasteiger partial charge in [-0.05, 0) is 26.7 Å². The molecule has 0 radical (unpaired) electrons. The van der Waals surface area contributed by atoms with Crippen LogP contribution in [0.4, 0.5) is 0 Å². The molecule has 0 unspecified atom stereocenters. The predicted octanol–water partition coefficient (Wildman–Crippen LogP) is -0.868. The molecular formula is C12H24N4O2. The summed E-state index contributed by atoms with van der Waals surface area (Å²) in [7, 11) is 0. The summed E-state index contributed by atoms with van der Waals surface area (Å²) < 4.78 is 0. The summed E-state index contributed by atoms with van der Waals surface area (Å²) in [5.41, 5.74) is 11.0. The van der Waals surface area contributed by atoms with Crippen LogP contribution in [-0.2, 0) is 9.59 Å². The van der Waals surface area contributed by atoms with Crippen molar-refractivity contribution in [2.45, 2.75) is 38.8 Å². The molecule has 0 bridgehead atoms. The fraction of sp³-hybridized carbons (Fsp3) is 0.833. The maximum atomic E-state index is 12.1. The standard InChI is InChI=1S/C12H24N4O2/c1-9(2)16(7-11(14)17)12(18)8-15-5-3-10(13)4-6-15/h9-10H,3-8,13H2,1-2H3,(H2,14,17). The first-order valence-electron chi connectivity index (χ1n) is 6.46. The average molecular weight is 256 g/mol. The van der Waals surface area contributed by atoms with Crippen LogP contribution in [0.2, 0.25) is 0 Å². The van der Waals surface area contributed by atoms with Gasteiger partial charge in [0, 0.05) is 25.2 Å². The number of carbonyl (C=O) groups excluding carboxylic acids is 2. The van der Waals surface area contributed by atoms with Crippen LogP contribution in [0, 0.1) is 0 Å². The molecule has 1 fully saturated rings. The Morgan fingerprint density at radius 1 is 1.33 bits per heavy atom. The smallest absolute Gasteiger partial charge is 0.237 e. The number of primary amides is 1. The molecule has 1 aliphatic heterocycles. The Hall–Kier alpha value is -1.14. The van der Waals surface area contributed by atoms with Crippen LogP contribution < -0.4 is 11.5 Å². The van der Waals surface area contributed by atoms with Gasteiger partial charge in [0.15, 0.2) is 0 Å². The van der Waals surface area contributed by atoms with E-state index in [-0.39, 0.29) is 24.5 Å². The van der Waals surface area contributed by atoms with Gasteiger partial charge in [0.05, 0.1) is 13.1 Å². The van der Waals surface area contributed by atoms with Crippen LogP contribution in [-0.4, -0.2) is 59.9 Å². The molecular weight excluding hydrogens is 232 g/mol. The summed E-state index contributed by atoms with van der Waals surface area (Å²) in [4.78, 5) is 26.7. The number of amides is 2. The Morgan fingerprint density at radius 2 is 1.89 bits per heavy atom. The summed E-state index contributed by atoms with van der Waals surface area (Å²) in [6.45, 7) is 5.78. The first-order valence-corrected chi connectivity index (χ1v) is 6.46. The summed E-state index contributed by atoms with van der Waals surface area (Å²) >= 11 is 0. The second-order valence-electron chi connectivity index (χ2n) is 5.20. The van der Waals surface area contributed by atoms with Gasteiger partial charge in [-0.1, -0.05) is 0 Å². The highest BCUT2D eigenvalue weighted by atomic mass is 16.2. The van der Waals surface area contributed by atoms with E-state index in [0.717, 1.165) is 25.9 Å². The molecule has 0 atom stereocenters. The van der Waals surface area contributed by atoms with Crippen molar-refractivity contribution in [1.82, 2.24) is 9.80 Å². The maximum absolute atomic E-state index is 12.1. The number of carbonyl (C=O) groups is 2. The summed E-state index contributed by atoms with van der Waals surface area (Å²) in [6.07, 6.45) is 1.84. The van der Waals surface area contributed by atoms with Crippen molar-refractivity contribution in [3.63, 3.8) is 0 Å². The molecule has 0 aromatic rings. The lowest BCUT2D eigenvalue weighted by Crippen LogP contribution is -2.49. The van der Waals surface area contributed by atoms with Crippen molar-refractivity contribution < 1.29 is 9.59 Å². The summed E-state index contributed by atoms with van der Waals surface area (Å²) in [5, 5.41) is 0. The molecule has 4 N–H and O–H groups in total. The molecule has 6 heteroatoms. The molecule has 104 valence electrons. The Morgan fingerprint density at radius 3 is 2.33 bits per heavy atom. The second kappa shape index (κ2) is 6.70. The zero-order valence-electron chi connectivity index (χ0n) is 11.3. The van der Waals surface area contributed by atoms with E-state index in [1.807, 2.05) is 13.8 Å². The minimum atomic E-state index is -0.474. The minimum absolute atomic E-state index is 0.0101. The third kappa shape index (κ3) is 4.62. The van der Waals surface area contributed by atoms with Crippen LogP contribution in [0.1, 0.15) is 26.7 Å². The Balaban J connectivity index is 2.48. The molecule has 1 heterocycles. The van der Waals surface area contributed by atoms with Gasteiger partial charge >= 0.3 is 0 Å². The lowest BCUT2D eigenvalue weighted by atomic mass is 10.1. The second-order valence-corrected chi connectivity index (χ2v) is 5.20. The third-order valence-corrected chi connectivity index (χ3v) is 3.26. The lowest BCUT2D eigenvalue weighted by Gasteiger charge is -2.32. The van der Waals surface area contributed by atoms with Gasteiger partial charge in [-0.2, -0.15) is 0 Å². The van der Waals surface area contributed by atoms with Gasteiger partial charge in [-0.3, -0.25) is 14.5 Å². The third-order valence-electron chi connectivity index (χ3n) is 3.26. The van der Waals surface area contributed by atoms with Crippen molar-refractivity contribution in [2.24, 2.45) is 11.5 Å². The van der Waals surface area contributed by atoms with Crippen molar-refractivity contribution in [1.29, 1.82) is 0 Å². The molecule has 0 aromatic heterocycles. The summed E-state index contributed by atoms with van der Waals surface area (Å²) in [5.74, 6) is -0.517. The van der Waals surface area contributed by atoms with Gasteiger partial charge in [-0.25, -0.2) is 0 Å². The predicted molar refractivity (Wildman–Crippen MR) is 69.7 cm³/mol. The molecule has 18 heavy (non-hydrogen) atoms. The average Bonchev–Trinajstić information content (AvgIpc) is 2.28. The normalized spacial score (nSPS) is 18.0. The Bertz CT molecular complexity index is 298. The highest BCUT2D eigenvalue weighted by Gasteiger charge is 2.23. The SMILES string of the molecule is CC(C)N(CC(N)=O)C(=O)CN1CCC(N)CC1. The number of hydrogen-bond acceptors (Lipinski definition) is 4. The zero-order valence-corrected chi connectivity index (χ0v) is 11.3. The highest BCUT2D eigenvalue weighted by molar-refractivity contribution is 5.85. The van der Waals surface area contributed by atoms with Gasteiger partial charge in [0.2, 0.25) is 11.8 Å². The number of hydrogen-bond donors (Lipinski definition) is 2. The van der Waals surface area contributed by atoms with E-state index >= 15 is 0 Å². The van der Waals surface area contributed by atoms with Crippen molar-refractivity contribution in [3.05, 3.63) is 0 Å². The monoisotopic (exact) mass is 256 g/mol. The fourth-order valence-corrected chi connectivity index (χ4v) is 2.12. The van der Waals surface area contributed by atoms with Gasteiger partial charge in [0.1, 0.15) is 0 Å². The van der Waals surface area contributed by atoms with Crippen LogP contribution >= 0.6 is 0 Å². The topological polar surface area (TPSA) is 92.7 Å². The fourth-order valence-electron chi connectivity index (χ4n) is 2.12. The lowest BCUT2D eigenvalue weighted by molar-refractivity contribution is -0.138. The highest BCUT2D eigenvalue weighted by Crippen LogP contribution is 2.09. The van der Waals surface area contributed by atoms with E-state index < -0.39 is 5.91 Å². The van der Waals surface area contributed by atoms with E-state index in [1.54, 1.807) is 0 Å². The van der Waals surface area contributed by atoms with Gasteiger partial charge < -0.3 is 16.4 Å². The van der Waals surface area contributed by atoms with E-state index in [4.69, 9.17) is 11.5 Å². The molecule has 1 saturated heterocycles. The van der Waals surface area contributed by atoms with E-state index in [0.29, 0.717) is 6.54 Å². The quantitative estimate of drug-likeness (QED) is 0.669. The maximum Gasteiger partial charge on any atom is 0.237 e. The van der Waals surface area contributed by atoms with Crippen molar-refractivity contribution in [2.75, 3.05) is 26.2 Å². The van der Waals surface area contributed by atoms with E-state index in [9.17, 15) is 9.59 Å². The minimum Gasteiger partial charge on any atom is -0.368 e. The molecule has 0 saturated carbocycles. The van der Waals surface area contributed by atoms with Crippen molar-refractivity contribution in [3.8, 4) is 0 Å². The van der Waals surface area contributed by atoms with Crippen LogP contribution in [0.25, 0.3) is 0 Å². The Kier molecular flexibility index (Phi) is 5.55. The number of rotatable bonds is 5. The van der Waals surface area contributed by atoms with Crippen molar-refractivity contribution >= 4 is 11.8 Å². The molecule has 6 nitrogen and oxygen atoms in total. The number of likely N-dealkylation sites (tertiary alicyclic amines) is 1. The van der Waals surface area contributed by atoms with E-state index in [2.05, 4.69) is 4.90 Å². The van der Waals surface area contributed by atoms with Crippen LogP contribution in [0.15, 0.2) is 0 Å². The summed E-state index contributed by atoms with van der Waals surface area (Å²) in [6, 6.07) is 0.236. The largest absolute Gasteiger partial charge is 0.368 e. The van der Waals surface area contributed by atoms with Crippen LogP contribution in [0.3, 0.4) is 0 Å². The number of nitrogens with two attached hydrogens (primary N) is 2. The van der Waals surface area contributed by atoms with Crippen LogP contribution in [0.5, 0.6) is 0 Å². The molecule has 2 amide bonds. The number of piperidine rings is 1. The van der Waals surface area contributed by atoms with Gasteiger partial charge in [0.25, 0.3) is 0 Å². The van der Waals surface area contributed by atoms with Gasteiger partial charge in [-0.15, -0.1) is 0 Å². The molecule has 0 aliphatic carbocycles.